The molecule has 1 heterocycles. The van der Waals surface area contributed by atoms with Gasteiger partial charge in [-0.1, -0.05) is 35.5 Å². The van der Waals surface area contributed by atoms with Crippen LogP contribution in [0.15, 0.2) is 60.1 Å². The molecule has 1 fully saturated rings. The SMILES string of the molecule is C=CCN1C(=O)[C@@H](CC(=O)Nc2ccc(OC)cc2OC)SC1=Nc1ccc(C)cc1. The van der Waals surface area contributed by atoms with Crippen molar-refractivity contribution in [2.45, 2.75) is 18.6 Å². The van der Waals surface area contributed by atoms with Gasteiger partial charge in [0.05, 0.1) is 25.6 Å². The van der Waals surface area contributed by atoms with Crippen molar-refractivity contribution >= 4 is 40.1 Å². The second kappa shape index (κ2) is 10.2. The summed E-state index contributed by atoms with van der Waals surface area (Å²) in [5, 5.41) is 2.82. The molecule has 7 nitrogen and oxygen atoms in total. The van der Waals surface area contributed by atoms with Crippen molar-refractivity contribution in [3.8, 4) is 11.5 Å². The van der Waals surface area contributed by atoms with E-state index in [1.54, 1.807) is 36.3 Å². The lowest BCUT2D eigenvalue weighted by Gasteiger charge is -2.14. The van der Waals surface area contributed by atoms with Gasteiger partial charge in [-0.3, -0.25) is 14.5 Å². The number of hydrogen-bond donors (Lipinski definition) is 1. The Morgan fingerprint density at radius 2 is 1.97 bits per heavy atom. The second-order valence-electron chi connectivity index (χ2n) is 6.89. The van der Waals surface area contributed by atoms with Crippen LogP contribution in [0.25, 0.3) is 0 Å². The number of nitrogens with zero attached hydrogens (tertiary/aromatic N) is 2. The Morgan fingerprint density at radius 3 is 2.61 bits per heavy atom. The van der Waals surface area contributed by atoms with Crippen LogP contribution in [0, 0.1) is 6.92 Å². The number of thioether (sulfide) groups is 1. The van der Waals surface area contributed by atoms with Crippen molar-refractivity contribution in [1.82, 2.24) is 4.90 Å². The van der Waals surface area contributed by atoms with E-state index in [2.05, 4.69) is 16.9 Å². The van der Waals surface area contributed by atoms with Gasteiger partial charge >= 0.3 is 0 Å². The topological polar surface area (TPSA) is 80.2 Å². The molecule has 2 aromatic rings. The predicted octanol–water partition coefficient (Wildman–Crippen LogP) is 4.16. The molecule has 0 bridgehead atoms. The Morgan fingerprint density at radius 1 is 1.23 bits per heavy atom. The summed E-state index contributed by atoms with van der Waals surface area (Å²) in [5.41, 5.74) is 2.40. The molecule has 0 aromatic heterocycles. The molecule has 1 aliphatic heterocycles. The molecule has 0 spiro atoms. The zero-order chi connectivity index (χ0) is 22.4. The zero-order valence-corrected chi connectivity index (χ0v) is 18.6. The van der Waals surface area contributed by atoms with E-state index in [1.165, 1.54) is 18.9 Å². The molecular weight excluding hydrogens is 414 g/mol. The van der Waals surface area contributed by atoms with Crippen LogP contribution >= 0.6 is 11.8 Å². The van der Waals surface area contributed by atoms with Crippen LogP contribution < -0.4 is 14.8 Å². The highest BCUT2D eigenvalue weighted by molar-refractivity contribution is 8.15. The molecule has 1 N–H and O–H groups in total. The Kier molecular flexibility index (Phi) is 7.36. The van der Waals surface area contributed by atoms with Crippen molar-refractivity contribution < 1.29 is 19.1 Å². The van der Waals surface area contributed by atoms with Gasteiger partial charge < -0.3 is 14.8 Å². The third-order valence-corrected chi connectivity index (χ3v) is 5.82. The van der Waals surface area contributed by atoms with Gasteiger partial charge in [-0.2, -0.15) is 0 Å². The molecular formula is C23H25N3O4S. The number of ether oxygens (including phenoxy) is 2. The second-order valence-corrected chi connectivity index (χ2v) is 8.06. The van der Waals surface area contributed by atoms with Crippen LogP contribution in [-0.4, -0.2) is 47.9 Å². The fraction of sp³-hybridized carbons (Fsp3) is 0.261. The third kappa shape index (κ3) is 5.46. The van der Waals surface area contributed by atoms with Gasteiger partial charge in [0.15, 0.2) is 5.17 Å². The molecule has 1 saturated heterocycles. The van der Waals surface area contributed by atoms with Crippen LogP contribution in [0.4, 0.5) is 11.4 Å². The van der Waals surface area contributed by atoms with E-state index in [-0.39, 0.29) is 18.2 Å². The number of amidine groups is 1. The molecule has 1 aliphatic rings. The quantitative estimate of drug-likeness (QED) is 0.625. The summed E-state index contributed by atoms with van der Waals surface area (Å²) in [5.74, 6) is 0.651. The van der Waals surface area contributed by atoms with Crippen LogP contribution in [-0.2, 0) is 9.59 Å². The number of hydrogen-bond acceptors (Lipinski definition) is 6. The van der Waals surface area contributed by atoms with Crippen molar-refractivity contribution in [1.29, 1.82) is 0 Å². The Labute approximate surface area is 186 Å². The van der Waals surface area contributed by atoms with E-state index in [9.17, 15) is 9.59 Å². The molecule has 2 amide bonds. The summed E-state index contributed by atoms with van der Waals surface area (Å²) in [4.78, 5) is 31.7. The van der Waals surface area contributed by atoms with Crippen molar-refractivity contribution in [3.05, 3.63) is 60.7 Å². The average molecular weight is 440 g/mol. The number of aliphatic imine (C=N–C) groups is 1. The summed E-state index contributed by atoms with van der Waals surface area (Å²) in [7, 11) is 3.07. The van der Waals surface area contributed by atoms with Gasteiger partial charge in [-0.25, -0.2) is 4.99 Å². The van der Waals surface area contributed by atoms with E-state index in [1.807, 2.05) is 31.2 Å². The van der Waals surface area contributed by atoms with Crippen LogP contribution in [0.3, 0.4) is 0 Å². The number of carbonyl (C=O) groups is 2. The molecule has 0 radical (unpaired) electrons. The molecule has 0 saturated carbocycles. The summed E-state index contributed by atoms with van der Waals surface area (Å²) < 4.78 is 10.5. The van der Waals surface area contributed by atoms with E-state index < -0.39 is 5.25 Å². The van der Waals surface area contributed by atoms with Gasteiger partial charge in [-0.05, 0) is 31.2 Å². The van der Waals surface area contributed by atoms with Crippen molar-refractivity contribution in [3.63, 3.8) is 0 Å². The third-order valence-electron chi connectivity index (χ3n) is 4.64. The van der Waals surface area contributed by atoms with E-state index in [0.717, 1.165) is 11.3 Å². The number of nitrogens with one attached hydrogen (secondary N) is 1. The van der Waals surface area contributed by atoms with Gasteiger partial charge in [0, 0.05) is 19.0 Å². The first kappa shape index (κ1) is 22.4. The summed E-state index contributed by atoms with van der Waals surface area (Å²) >= 11 is 1.29. The highest BCUT2D eigenvalue weighted by atomic mass is 32.2. The number of aryl methyl sites for hydroxylation is 1. The lowest BCUT2D eigenvalue weighted by Crippen LogP contribution is -2.33. The maximum absolute atomic E-state index is 12.9. The standard InChI is InChI=1S/C23H25N3O4S/c1-5-12-26-22(28)20(31-23(26)24-16-8-6-15(2)7-9-16)14-21(27)25-18-11-10-17(29-3)13-19(18)30-4/h5-11,13,20H,1,12,14H2,2-4H3,(H,25,27)/t20-/m1/s1. The van der Waals surface area contributed by atoms with Crippen molar-refractivity contribution in [2.75, 3.05) is 26.1 Å². The normalized spacial score (nSPS) is 17.0. The first-order valence-electron chi connectivity index (χ1n) is 9.71. The molecule has 0 aliphatic carbocycles. The number of anilines is 1. The van der Waals surface area contributed by atoms with Gasteiger partial charge in [0.1, 0.15) is 16.7 Å². The minimum Gasteiger partial charge on any atom is -0.497 e. The number of amides is 2. The van der Waals surface area contributed by atoms with E-state index >= 15 is 0 Å². The summed E-state index contributed by atoms with van der Waals surface area (Å²) in [6, 6.07) is 12.8. The highest BCUT2D eigenvalue weighted by Crippen LogP contribution is 2.33. The minimum atomic E-state index is -0.562. The maximum atomic E-state index is 12.9. The monoisotopic (exact) mass is 439 g/mol. The average Bonchev–Trinajstić information content (AvgIpc) is 3.04. The molecule has 8 heteroatoms. The first-order valence-corrected chi connectivity index (χ1v) is 10.6. The maximum Gasteiger partial charge on any atom is 0.242 e. The fourth-order valence-corrected chi connectivity index (χ4v) is 4.19. The number of methoxy groups -OCH3 is 2. The van der Waals surface area contributed by atoms with Crippen LogP contribution in [0.1, 0.15) is 12.0 Å². The van der Waals surface area contributed by atoms with Crippen LogP contribution in [0.2, 0.25) is 0 Å². The number of benzene rings is 2. The lowest BCUT2D eigenvalue weighted by atomic mass is 10.2. The number of carbonyl (C=O) groups excluding carboxylic acids is 2. The smallest absolute Gasteiger partial charge is 0.242 e. The largest absolute Gasteiger partial charge is 0.497 e. The van der Waals surface area contributed by atoms with Gasteiger partial charge in [0.2, 0.25) is 11.8 Å². The van der Waals surface area contributed by atoms with Gasteiger partial charge in [0.25, 0.3) is 0 Å². The molecule has 31 heavy (non-hydrogen) atoms. The van der Waals surface area contributed by atoms with Crippen molar-refractivity contribution in [2.24, 2.45) is 4.99 Å². The molecule has 162 valence electrons. The molecule has 2 aromatic carbocycles. The van der Waals surface area contributed by atoms with E-state index in [0.29, 0.717) is 28.9 Å². The Bertz CT molecular complexity index is 1000. The molecule has 3 rings (SSSR count). The van der Waals surface area contributed by atoms with E-state index in [4.69, 9.17) is 9.47 Å². The Balaban J connectivity index is 1.74. The minimum absolute atomic E-state index is 0.0131. The summed E-state index contributed by atoms with van der Waals surface area (Å²) in [6.45, 7) is 6.06. The zero-order valence-electron chi connectivity index (χ0n) is 17.8. The summed E-state index contributed by atoms with van der Waals surface area (Å²) in [6.07, 6.45) is 1.66. The molecule has 0 unspecified atom stereocenters. The predicted molar refractivity (Wildman–Crippen MR) is 124 cm³/mol. The van der Waals surface area contributed by atoms with Crippen LogP contribution in [0.5, 0.6) is 11.5 Å². The fourth-order valence-electron chi connectivity index (χ4n) is 3.02. The lowest BCUT2D eigenvalue weighted by molar-refractivity contribution is -0.127. The highest BCUT2D eigenvalue weighted by Gasteiger charge is 2.38. The Hall–Kier alpha value is -3.26. The van der Waals surface area contributed by atoms with Gasteiger partial charge in [-0.15, -0.1) is 6.58 Å². The first-order chi connectivity index (χ1) is 14.9. The number of rotatable bonds is 8. The molecule has 1 atom stereocenters.